The Morgan fingerprint density at radius 2 is 1.83 bits per heavy atom. The number of aromatic nitrogens is 6. The lowest BCUT2D eigenvalue weighted by molar-refractivity contribution is -0.516. The van der Waals surface area contributed by atoms with E-state index in [2.05, 4.69) is 20.1 Å². The van der Waals surface area contributed by atoms with Crippen LogP contribution in [-0.4, -0.2) is 29.8 Å². The highest BCUT2D eigenvalue weighted by Gasteiger charge is 2.26. The van der Waals surface area contributed by atoms with Gasteiger partial charge in [0.2, 0.25) is 5.65 Å². The van der Waals surface area contributed by atoms with Crippen LogP contribution in [-0.2, 0) is 13.2 Å². The lowest BCUT2D eigenvalue weighted by atomic mass is 9.99. The number of nitrogen functional groups attached to an aromatic ring is 1. The number of rotatable bonds is 5. The van der Waals surface area contributed by atoms with Crippen LogP contribution < -0.4 is 15.8 Å². The van der Waals surface area contributed by atoms with E-state index >= 15 is 0 Å². The number of fused-ring (bicyclic) bond motifs is 1. The molecule has 0 aliphatic rings. The number of nitrogens with one attached hydrogen (secondary N) is 1. The molecule has 0 radical (unpaired) electrons. The Bertz CT molecular complexity index is 1610. The minimum atomic E-state index is -0.410. The standard InChI is InChI=1S/C25H22FN7O2/c1-14-3-8-19(28-11-14)12-32-25(35)33-23(31-32)21(17-9-15(2)29-20(10-17)13-34)22(30-24(33)27)16-4-6-18(26)7-5-16/h3-11,34H,12-13H2,1-2H3,(H2,27,29,30,31)/p+1. The first kappa shape index (κ1) is 22.4. The van der Waals surface area contributed by atoms with Gasteiger partial charge in [-0.3, -0.25) is 9.97 Å². The second-order valence-corrected chi connectivity index (χ2v) is 8.34. The van der Waals surface area contributed by atoms with Crippen molar-refractivity contribution in [2.24, 2.45) is 0 Å². The van der Waals surface area contributed by atoms with Crippen molar-refractivity contribution < 1.29 is 13.9 Å². The molecule has 4 N–H and O–H groups in total. The Hall–Kier alpha value is -4.44. The molecule has 0 spiro atoms. The van der Waals surface area contributed by atoms with Gasteiger partial charge in [0.05, 0.1) is 23.6 Å². The molecule has 0 atom stereocenters. The fourth-order valence-electron chi connectivity index (χ4n) is 4.07. The van der Waals surface area contributed by atoms with E-state index in [1.807, 2.05) is 32.0 Å². The predicted molar refractivity (Wildman–Crippen MR) is 128 cm³/mol. The number of aromatic amines is 1. The first-order chi connectivity index (χ1) is 16.8. The summed E-state index contributed by atoms with van der Waals surface area (Å²) in [5.74, 6) is -0.403. The maximum absolute atomic E-state index is 13.7. The van der Waals surface area contributed by atoms with Crippen LogP contribution in [0.5, 0.6) is 0 Å². The number of pyridine rings is 2. The number of anilines is 1. The summed E-state index contributed by atoms with van der Waals surface area (Å²) in [5.41, 5.74) is 11.4. The highest BCUT2D eigenvalue weighted by molar-refractivity contribution is 5.88. The molecule has 0 aliphatic heterocycles. The Labute approximate surface area is 199 Å². The molecular weight excluding hydrogens is 449 g/mol. The number of nitrogens with zero attached hydrogens (tertiary/aromatic N) is 5. The number of hydrogen-bond acceptors (Lipinski definition) is 6. The van der Waals surface area contributed by atoms with E-state index in [1.54, 1.807) is 24.4 Å². The van der Waals surface area contributed by atoms with Crippen molar-refractivity contribution in [3.05, 3.63) is 93.7 Å². The average Bonchev–Trinajstić information content (AvgIpc) is 3.16. The number of aliphatic hydroxyl groups excluding tert-OH is 1. The SMILES string of the molecule is Cc1ccc(Cn2[nH]c3c(-c4cc(C)nc(CO)c4)c(-c4ccc(F)cc4)nc(N)[n+]3c2=O)nc1. The van der Waals surface area contributed by atoms with Crippen LogP contribution in [0.4, 0.5) is 10.3 Å². The van der Waals surface area contributed by atoms with Gasteiger partial charge < -0.3 is 10.8 Å². The summed E-state index contributed by atoms with van der Waals surface area (Å²) < 4.78 is 16.4. The van der Waals surface area contributed by atoms with Gasteiger partial charge in [0.1, 0.15) is 18.1 Å². The smallest absolute Gasteiger partial charge is 0.390 e. The molecule has 0 amide bonds. The topological polar surface area (TPSA) is 127 Å². The molecule has 0 unspecified atom stereocenters. The first-order valence-electron chi connectivity index (χ1n) is 10.9. The molecule has 0 fully saturated rings. The number of H-pyrrole nitrogens is 1. The zero-order valence-corrected chi connectivity index (χ0v) is 19.2. The van der Waals surface area contributed by atoms with E-state index in [0.29, 0.717) is 45.1 Å². The van der Waals surface area contributed by atoms with Gasteiger partial charge in [0.25, 0.3) is 0 Å². The van der Waals surface area contributed by atoms with Gasteiger partial charge in [0.15, 0.2) is 0 Å². The highest BCUT2D eigenvalue weighted by Crippen LogP contribution is 2.33. The molecule has 4 aromatic heterocycles. The van der Waals surface area contributed by atoms with E-state index in [1.165, 1.54) is 21.2 Å². The van der Waals surface area contributed by atoms with Gasteiger partial charge in [-0.25, -0.2) is 14.3 Å². The molecule has 5 rings (SSSR count). The molecule has 4 heterocycles. The van der Waals surface area contributed by atoms with Crippen LogP contribution in [0, 0.1) is 19.7 Å². The second kappa shape index (κ2) is 8.73. The van der Waals surface area contributed by atoms with Gasteiger partial charge in [-0.05, 0) is 67.4 Å². The minimum Gasteiger partial charge on any atom is -0.390 e. The van der Waals surface area contributed by atoms with Crippen LogP contribution in [0.1, 0.15) is 22.6 Å². The maximum Gasteiger partial charge on any atom is 0.428 e. The fourth-order valence-corrected chi connectivity index (χ4v) is 4.07. The summed E-state index contributed by atoms with van der Waals surface area (Å²) in [6.07, 6.45) is 1.74. The zero-order chi connectivity index (χ0) is 24.7. The lowest BCUT2D eigenvalue weighted by Crippen LogP contribution is -2.44. The van der Waals surface area contributed by atoms with Crippen molar-refractivity contribution in [2.45, 2.75) is 27.0 Å². The summed E-state index contributed by atoms with van der Waals surface area (Å²) >= 11 is 0. The summed E-state index contributed by atoms with van der Waals surface area (Å²) in [6, 6.07) is 13.2. The molecule has 1 aromatic carbocycles. The Morgan fingerprint density at radius 1 is 1.06 bits per heavy atom. The Balaban J connectivity index is 1.81. The Morgan fingerprint density at radius 3 is 2.51 bits per heavy atom. The van der Waals surface area contributed by atoms with Crippen LogP contribution in [0.25, 0.3) is 28.0 Å². The number of aryl methyl sites for hydroxylation is 2. The molecule has 0 saturated heterocycles. The molecule has 10 heteroatoms. The number of hydrogen-bond donors (Lipinski definition) is 3. The minimum absolute atomic E-state index is 0.0203. The third kappa shape index (κ3) is 4.15. The van der Waals surface area contributed by atoms with Crippen LogP contribution in [0.15, 0.2) is 59.5 Å². The number of benzene rings is 1. The number of aliphatic hydroxyl groups is 1. The quantitative estimate of drug-likeness (QED) is 0.337. The lowest BCUT2D eigenvalue weighted by Gasteiger charge is -2.10. The second-order valence-electron chi connectivity index (χ2n) is 8.34. The summed E-state index contributed by atoms with van der Waals surface area (Å²) in [6.45, 7) is 3.69. The third-order valence-corrected chi connectivity index (χ3v) is 5.68. The molecule has 5 aromatic rings. The maximum atomic E-state index is 13.7. The third-order valence-electron chi connectivity index (χ3n) is 5.68. The van der Waals surface area contributed by atoms with E-state index < -0.39 is 5.69 Å². The zero-order valence-electron chi connectivity index (χ0n) is 19.2. The van der Waals surface area contributed by atoms with Crippen molar-refractivity contribution in [1.82, 2.24) is 24.7 Å². The number of nitrogens with two attached hydrogens (primary N) is 1. The van der Waals surface area contributed by atoms with Crippen LogP contribution in [0.2, 0.25) is 0 Å². The summed E-state index contributed by atoms with van der Waals surface area (Å²) in [4.78, 5) is 26.6. The molecule has 176 valence electrons. The molecule has 0 bridgehead atoms. The fraction of sp³-hybridized carbons (Fsp3) is 0.160. The van der Waals surface area contributed by atoms with E-state index in [0.717, 1.165) is 5.56 Å². The van der Waals surface area contributed by atoms with E-state index in [9.17, 15) is 14.3 Å². The van der Waals surface area contributed by atoms with Crippen molar-refractivity contribution in [3.8, 4) is 22.4 Å². The van der Waals surface area contributed by atoms with Crippen molar-refractivity contribution >= 4 is 11.6 Å². The van der Waals surface area contributed by atoms with Crippen molar-refractivity contribution in [2.75, 3.05) is 5.73 Å². The van der Waals surface area contributed by atoms with Gasteiger partial charge in [-0.2, -0.15) is 4.68 Å². The van der Waals surface area contributed by atoms with Crippen LogP contribution in [0.3, 0.4) is 0 Å². The van der Waals surface area contributed by atoms with Crippen LogP contribution >= 0.6 is 0 Å². The molecule has 9 nitrogen and oxygen atoms in total. The van der Waals surface area contributed by atoms with Gasteiger partial charge in [-0.15, -0.1) is 9.38 Å². The average molecular weight is 473 g/mol. The summed E-state index contributed by atoms with van der Waals surface area (Å²) in [5, 5.41) is 12.9. The van der Waals surface area contributed by atoms with Gasteiger partial charge >= 0.3 is 11.6 Å². The highest BCUT2D eigenvalue weighted by atomic mass is 19.1. The number of halogens is 1. The molecule has 0 saturated carbocycles. The Kier molecular flexibility index (Phi) is 5.58. The largest absolute Gasteiger partial charge is 0.428 e. The molecule has 0 aliphatic carbocycles. The first-order valence-corrected chi connectivity index (χ1v) is 10.9. The van der Waals surface area contributed by atoms with Crippen molar-refractivity contribution in [3.63, 3.8) is 0 Å². The normalized spacial score (nSPS) is 11.3. The molecule has 35 heavy (non-hydrogen) atoms. The van der Waals surface area contributed by atoms with E-state index in [-0.39, 0.29) is 24.9 Å². The predicted octanol–water partition coefficient (Wildman–Crippen LogP) is 2.31. The van der Waals surface area contributed by atoms with Crippen molar-refractivity contribution in [1.29, 1.82) is 0 Å². The van der Waals surface area contributed by atoms with Gasteiger partial charge in [-0.1, -0.05) is 6.07 Å². The van der Waals surface area contributed by atoms with E-state index in [4.69, 9.17) is 5.73 Å². The summed E-state index contributed by atoms with van der Waals surface area (Å²) in [7, 11) is 0. The molecular formula is C25H23FN7O2+. The van der Waals surface area contributed by atoms with Gasteiger partial charge in [0, 0.05) is 17.5 Å². The monoisotopic (exact) mass is 472 g/mol.